The summed E-state index contributed by atoms with van der Waals surface area (Å²) in [6, 6.07) is 5.17. The monoisotopic (exact) mass is 298 g/mol. The van der Waals surface area contributed by atoms with Crippen molar-refractivity contribution in [1.82, 2.24) is 4.72 Å². The van der Waals surface area contributed by atoms with E-state index in [-0.39, 0.29) is 5.60 Å². The normalized spacial score (nSPS) is 17.8. The molecule has 1 aliphatic carbocycles. The van der Waals surface area contributed by atoms with Crippen LogP contribution in [-0.2, 0) is 21.3 Å². The van der Waals surface area contributed by atoms with Crippen LogP contribution in [0.4, 0.5) is 0 Å². The molecular formula is C14H22N2O3S. The van der Waals surface area contributed by atoms with Crippen molar-refractivity contribution in [2.75, 3.05) is 13.7 Å². The van der Waals surface area contributed by atoms with Gasteiger partial charge in [0.25, 0.3) is 0 Å². The summed E-state index contributed by atoms with van der Waals surface area (Å²) >= 11 is 0. The molecule has 3 N–H and O–H groups in total. The second-order valence-electron chi connectivity index (χ2n) is 5.37. The Bertz CT molecular complexity index is 575. The third-order valence-corrected chi connectivity index (χ3v) is 5.61. The highest BCUT2D eigenvalue weighted by molar-refractivity contribution is 7.89. The maximum atomic E-state index is 12.4. The Morgan fingerprint density at radius 1 is 1.40 bits per heavy atom. The first-order valence-corrected chi connectivity index (χ1v) is 8.25. The SMILES string of the molecule is COC1(CNS(=O)(=O)c2ccc(CN)cc2C)CCC1. The minimum absolute atomic E-state index is 0.306. The average Bonchev–Trinajstić information content (AvgIpc) is 2.37. The van der Waals surface area contributed by atoms with E-state index in [4.69, 9.17) is 10.5 Å². The Morgan fingerprint density at radius 3 is 2.55 bits per heavy atom. The van der Waals surface area contributed by atoms with Crippen LogP contribution in [0.15, 0.2) is 23.1 Å². The lowest BCUT2D eigenvalue weighted by Gasteiger charge is -2.40. The van der Waals surface area contributed by atoms with Crippen LogP contribution in [0, 0.1) is 6.92 Å². The molecule has 0 aromatic heterocycles. The van der Waals surface area contributed by atoms with E-state index >= 15 is 0 Å². The Labute approximate surface area is 120 Å². The quantitative estimate of drug-likeness (QED) is 0.829. The van der Waals surface area contributed by atoms with E-state index in [1.54, 1.807) is 26.2 Å². The van der Waals surface area contributed by atoms with Gasteiger partial charge in [0.1, 0.15) is 0 Å². The molecule has 0 saturated heterocycles. The molecule has 1 fully saturated rings. The molecule has 6 heteroatoms. The summed E-state index contributed by atoms with van der Waals surface area (Å²) in [6.07, 6.45) is 2.88. The highest BCUT2D eigenvalue weighted by atomic mass is 32.2. The molecule has 0 spiro atoms. The first kappa shape index (κ1) is 15.4. The largest absolute Gasteiger partial charge is 0.377 e. The van der Waals surface area contributed by atoms with Crippen molar-refractivity contribution in [2.45, 2.75) is 43.2 Å². The Morgan fingerprint density at radius 2 is 2.10 bits per heavy atom. The number of nitrogens with one attached hydrogen (secondary N) is 1. The summed E-state index contributed by atoms with van der Waals surface area (Å²) in [5, 5.41) is 0. The van der Waals surface area contributed by atoms with Gasteiger partial charge in [-0.3, -0.25) is 0 Å². The van der Waals surface area contributed by atoms with Crippen molar-refractivity contribution in [3.63, 3.8) is 0 Å². The lowest BCUT2D eigenvalue weighted by molar-refractivity contribution is -0.0659. The van der Waals surface area contributed by atoms with E-state index in [1.807, 2.05) is 6.07 Å². The van der Waals surface area contributed by atoms with Crippen molar-refractivity contribution in [3.05, 3.63) is 29.3 Å². The molecule has 1 aromatic carbocycles. The maximum absolute atomic E-state index is 12.4. The molecule has 20 heavy (non-hydrogen) atoms. The van der Waals surface area contributed by atoms with E-state index in [2.05, 4.69) is 4.72 Å². The third kappa shape index (κ3) is 3.03. The number of aryl methyl sites for hydroxylation is 1. The second-order valence-corrected chi connectivity index (χ2v) is 7.10. The number of methoxy groups -OCH3 is 1. The molecule has 1 saturated carbocycles. The van der Waals surface area contributed by atoms with Gasteiger partial charge in [-0.2, -0.15) is 0 Å². The lowest BCUT2D eigenvalue weighted by atomic mass is 9.80. The fourth-order valence-electron chi connectivity index (χ4n) is 2.47. The smallest absolute Gasteiger partial charge is 0.240 e. The topological polar surface area (TPSA) is 81.4 Å². The number of benzene rings is 1. The Hall–Kier alpha value is -0.950. The molecule has 0 radical (unpaired) electrons. The lowest BCUT2D eigenvalue weighted by Crippen LogP contribution is -2.49. The zero-order valence-electron chi connectivity index (χ0n) is 12.0. The number of nitrogens with two attached hydrogens (primary N) is 1. The summed E-state index contributed by atoms with van der Waals surface area (Å²) in [6.45, 7) is 2.51. The van der Waals surface area contributed by atoms with Gasteiger partial charge < -0.3 is 10.5 Å². The van der Waals surface area contributed by atoms with Crippen LogP contribution in [0.5, 0.6) is 0 Å². The van der Waals surface area contributed by atoms with Crippen molar-refractivity contribution < 1.29 is 13.2 Å². The van der Waals surface area contributed by atoms with E-state index in [0.29, 0.717) is 23.5 Å². The highest BCUT2D eigenvalue weighted by Gasteiger charge is 2.38. The standard InChI is InChI=1S/C14H22N2O3S/c1-11-8-12(9-15)4-5-13(11)20(17,18)16-10-14(19-2)6-3-7-14/h4-5,8,16H,3,6-7,9-10,15H2,1-2H3. The minimum atomic E-state index is -3.51. The van der Waals surface area contributed by atoms with E-state index < -0.39 is 10.0 Å². The number of rotatable bonds is 6. The van der Waals surface area contributed by atoms with Crippen LogP contribution < -0.4 is 10.5 Å². The van der Waals surface area contributed by atoms with Crippen LogP contribution in [0.3, 0.4) is 0 Å². The van der Waals surface area contributed by atoms with Gasteiger partial charge in [-0.15, -0.1) is 0 Å². The molecule has 0 aliphatic heterocycles. The average molecular weight is 298 g/mol. The van der Waals surface area contributed by atoms with Crippen molar-refractivity contribution in [3.8, 4) is 0 Å². The highest BCUT2D eigenvalue weighted by Crippen LogP contribution is 2.34. The van der Waals surface area contributed by atoms with Gasteiger partial charge in [0.05, 0.1) is 10.5 Å². The zero-order chi connectivity index (χ0) is 14.8. The summed E-state index contributed by atoms with van der Waals surface area (Å²) in [7, 11) is -1.87. The molecule has 0 unspecified atom stereocenters. The molecule has 0 amide bonds. The molecule has 0 heterocycles. The fourth-order valence-corrected chi connectivity index (χ4v) is 3.81. The number of sulfonamides is 1. The summed E-state index contributed by atoms with van der Waals surface area (Å²) < 4.78 is 32.8. The van der Waals surface area contributed by atoms with Gasteiger partial charge in [-0.25, -0.2) is 13.1 Å². The summed E-state index contributed by atoms with van der Waals surface area (Å²) in [5.74, 6) is 0. The molecule has 5 nitrogen and oxygen atoms in total. The Kier molecular flexibility index (Phi) is 4.49. The van der Waals surface area contributed by atoms with Crippen molar-refractivity contribution in [2.24, 2.45) is 5.73 Å². The third-order valence-electron chi connectivity index (χ3n) is 4.05. The van der Waals surface area contributed by atoms with Crippen LogP contribution in [0.2, 0.25) is 0 Å². The predicted molar refractivity (Wildman–Crippen MR) is 77.8 cm³/mol. The van der Waals surface area contributed by atoms with Crippen LogP contribution >= 0.6 is 0 Å². The van der Waals surface area contributed by atoms with Crippen LogP contribution in [-0.4, -0.2) is 27.7 Å². The van der Waals surface area contributed by atoms with Crippen molar-refractivity contribution in [1.29, 1.82) is 0 Å². The molecule has 0 bridgehead atoms. The molecule has 2 rings (SSSR count). The predicted octanol–water partition coefficient (Wildman–Crippen LogP) is 1.30. The van der Waals surface area contributed by atoms with E-state index in [0.717, 1.165) is 24.8 Å². The van der Waals surface area contributed by atoms with Gasteiger partial charge >= 0.3 is 0 Å². The molecule has 1 aliphatic rings. The molecule has 0 atom stereocenters. The summed E-state index contributed by atoms with van der Waals surface area (Å²) in [4.78, 5) is 0.306. The second kappa shape index (κ2) is 5.81. The van der Waals surface area contributed by atoms with E-state index in [1.165, 1.54) is 0 Å². The Balaban J connectivity index is 2.14. The number of hydrogen-bond donors (Lipinski definition) is 2. The first-order chi connectivity index (χ1) is 9.42. The van der Waals surface area contributed by atoms with Gasteiger partial charge in [-0.05, 0) is 43.4 Å². The summed E-state index contributed by atoms with van der Waals surface area (Å²) in [5.41, 5.74) is 6.87. The van der Waals surface area contributed by atoms with Crippen LogP contribution in [0.1, 0.15) is 30.4 Å². The van der Waals surface area contributed by atoms with Gasteiger partial charge in [-0.1, -0.05) is 12.1 Å². The maximum Gasteiger partial charge on any atom is 0.240 e. The van der Waals surface area contributed by atoms with E-state index in [9.17, 15) is 8.42 Å². The van der Waals surface area contributed by atoms with Gasteiger partial charge in [0, 0.05) is 20.2 Å². The zero-order valence-corrected chi connectivity index (χ0v) is 12.8. The molecule has 112 valence electrons. The number of ether oxygens (including phenoxy) is 1. The molecule has 1 aromatic rings. The van der Waals surface area contributed by atoms with Crippen molar-refractivity contribution >= 4 is 10.0 Å². The number of hydrogen-bond acceptors (Lipinski definition) is 4. The van der Waals surface area contributed by atoms with Gasteiger partial charge in [0.15, 0.2) is 0 Å². The molecular weight excluding hydrogens is 276 g/mol. The first-order valence-electron chi connectivity index (χ1n) is 6.77. The van der Waals surface area contributed by atoms with Gasteiger partial charge in [0.2, 0.25) is 10.0 Å². The van der Waals surface area contributed by atoms with Crippen LogP contribution in [0.25, 0.3) is 0 Å². The fraction of sp³-hybridized carbons (Fsp3) is 0.571. The minimum Gasteiger partial charge on any atom is -0.377 e.